The van der Waals surface area contributed by atoms with E-state index in [4.69, 9.17) is 9.47 Å². The largest absolute Gasteiger partial charge is 0.376 e. The second kappa shape index (κ2) is 3.85. The lowest BCUT2D eigenvalue weighted by atomic mass is 10.1. The van der Waals surface area contributed by atoms with Crippen LogP contribution in [0.25, 0.3) is 0 Å². The van der Waals surface area contributed by atoms with Gasteiger partial charge in [0.25, 0.3) is 0 Å². The molecule has 1 aliphatic heterocycles. The monoisotopic (exact) mass is 129 g/mol. The minimum atomic E-state index is 0.316. The van der Waals surface area contributed by atoms with Gasteiger partial charge in [0.15, 0.2) is 0 Å². The smallest absolute Gasteiger partial charge is 0.0808 e. The molecule has 0 bridgehead atoms. The molecule has 1 atom stereocenters. The van der Waals surface area contributed by atoms with Crippen molar-refractivity contribution in [2.24, 2.45) is 0 Å². The van der Waals surface area contributed by atoms with E-state index >= 15 is 0 Å². The Morgan fingerprint density at radius 2 is 2.44 bits per heavy atom. The summed E-state index contributed by atoms with van der Waals surface area (Å²) >= 11 is 0. The van der Waals surface area contributed by atoms with Crippen LogP contribution in [0, 0.1) is 7.11 Å². The second-order valence-electron chi connectivity index (χ2n) is 2.36. The van der Waals surface area contributed by atoms with Crippen LogP contribution in [-0.2, 0) is 9.47 Å². The minimum Gasteiger partial charge on any atom is -0.376 e. The molecule has 1 radical (unpaired) electrons. The van der Waals surface area contributed by atoms with Gasteiger partial charge in [-0.2, -0.15) is 0 Å². The fraction of sp³-hybridized carbons (Fsp3) is 0.857. The van der Waals surface area contributed by atoms with Gasteiger partial charge in [0.05, 0.1) is 19.8 Å². The Hall–Kier alpha value is -0.0800. The van der Waals surface area contributed by atoms with E-state index in [1.165, 1.54) is 12.8 Å². The molecular weight excluding hydrogens is 116 g/mol. The molecule has 9 heavy (non-hydrogen) atoms. The first kappa shape index (κ1) is 7.03. The van der Waals surface area contributed by atoms with Crippen molar-refractivity contribution < 1.29 is 9.47 Å². The van der Waals surface area contributed by atoms with Crippen LogP contribution in [-0.4, -0.2) is 19.3 Å². The molecule has 1 rings (SSSR count). The van der Waals surface area contributed by atoms with Crippen molar-refractivity contribution in [3.8, 4) is 0 Å². The van der Waals surface area contributed by atoms with Crippen molar-refractivity contribution in [2.45, 2.75) is 25.4 Å². The van der Waals surface area contributed by atoms with Gasteiger partial charge in [-0.15, -0.1) is 0 Å². The summed E-state index contributed by atoms with van der Waals surface area (Å²) < 4.78 is 10.1. The van der Waals surface area contributed by atoms with Crippen LogP contribution >= 0.6 is 0 Å². The Kier molecular flexibility index (Phi) is 3.01. The summed E-state index contributed by atoms with van der Waals surface area (Å²) in [6.45, 7) is 1.55. The van der Waals surface area contributed by atoms with Gasteiger partial charge in [0.2, 0.25) is 0 Å². The first-order valence-electron chi connectivity index (χ1n) is 3.42. The lowest BCUT2D eigenvalue weighted by Gasteiger charge is -2.21. The van der Waals surface area contributed by atoms with Crippen molar-refractivity contribution in [1.29, 1.82) is 0 Å². The highest BCUT2D eigenvalue weighted by molar-refractivity contribution is 4.61. The zero-order valence-electron chi connectivity index (χ0n) is 5.64. The average Bonchev–Trinajstić information content (AvgIpc) is 1.91. The van der Waals surface area contributed by atoms with Crippen molar-refractivity contribution in [3.63, 3.8) is 0 Å². The molecule has 0 aromatic heterocycles. The molecule has 2 nitrogen and oxygen atoms in total. The average molecular weight is 129 g/mol. The molecule has 0 amide bonds. The molecular formula is C7H13O2. The van der Waals surface area contributed by atoms with Gasteiger partial charge in [-0.3, -0.25) is 0 Å². The summed E-state index contributed by atoms with van der Waals surface area (Å²) in [5.74, 6) is 0. The van der Waals surface area contributed by atoms with Crippen molar-refractivity contribution in [2.75, 3.05) is 13.2 Å². The maximum absolute atomic E-state index is 5.35. The summed E-state index contributed by atoms with van der Waals surface area (Å²) in [4.78, 5) is 0. The Balaban J connectivity index is 2.08. The second-order valence-corrected chi connectivity index (χ2v) is 2.36. The van der Waals surface area contributed by atoms with Gasteiger partial charge < -0.3 is 9.47 Å². The standard InChI is InChI=1S/C7H13O2/c1-8-6-7-4-2-3-5-9-7/h7H,1-6H2. The fourth-order valence-electron chi connectivity index (χ4n) is 1.07. The van der Waals surface area contributed by atoms with E-state index in [1.807, 2.05) is 0 Å². The quantitative estimate of drug-likeness (QED) is 0.560. The molecule has 53 valence electrons. The molecule has 2 heteroatoms. The molecule has 1 heterocycles. The Morgan fingerprint density at radius 3 is 3.00 bits per heavy atom. The number of hydrogen-bond acceptors (Lipinski definition) is 2. The third kappa shape index (κ3) is 2.33. The van der Waals surface area contributed by atoms with Crippen molar-refractivity contribution in [1.82, 2.24) is 0 Å². The molecule has 0 aromatic rings. The molecule has 0 aromatic carbocycles. The van der Waals surface area contributed by atoms with Crippen molar-refractivity contribution >= 4 is 0 Å². The topological polar surface area (TPSA) is 18.5 Å². The van der Waals surface area contributed by atoms with Crippen LogP contribution in [0.4, 0.5) is 0 Å². The molecule has 1 aliphatic rings. The van der Waals surface area contributed by atoms with E-state index in [9.17, 15) is 0 Å². The highest BCUT2D eigenvalue weighted by Crippen LogP contribution is 2.12. The Morgan fingerprint density at radius 1 is 1.56 bits per heavy atom. The molecule has 0 aliphatic carbocycles. The SMILES string of the molecule is [CH2]OCC1CCCCO1. The summed E-state index contributed by atoms with van der Waals surface area (Å²) in [7, 11) is 3.30. The number of ether oxygens (including phenoxy) is 2. The summed E-state index contributed by atoms with van der Waals surface area (Å²) in [5.41, 5.74) is 0. The third-order valence-electron chi connectivity index (χ3n) is 1.58. The van der Waals surface area contributed by atoms with Gasteiger partial charge >= 0.3 is 0 Å². The van der Waals surface area contributed by atoms with Gasteiger partial charge in [0.1, 0.15) is 0 Å². The lowest BCUT2D eigenvalue weighted by molar-refractivity contribution is -0.0220. The maximum Gasteiger partial charge on any atom is 0.0808 e. The summed E-state index contributed by atoms with van der Waals surface area (Å²) in [6, 6.07) is 0. The van der Waals surface area contributed by atoms with Gasteiger partial charge in [-0.05, 0) is 19.3 Å². The Bertz CT molecular complexity index is 64.6. The first-order valence-corrected chi connectivity index (χ1v) is 3.42. The van der Waals surface area contributed by atoms with E-state index in [-0.39, 0.29) is 0 Å². The molecule has 0 N–H and O–H groups in total. The molecule has 1 fully saturated rings. The van der Waals surface area contributed by atoms with Gasteiger partial charge in [0, 0.05) is 6.61 Å². The van der Waals surface area contributed by atoms with Crippen LogP contribution in [0.5, 0.6) is 0 Å². The lowest BCUT2D eigenvalue weighted by Crippen LogP contribution is -2.23. The first-order chi connectivity index (χ1) is 4.43. The van der Waals surface area contributed by atoms with E-state index in [1.54, 1.807) is 0 Å². The summed E-state index contributed by atoms with van der Waals surface area (Å²) in [5, 5.41) is 0. The van der Waals surface area contributed by atoms with E-state index in [0.717, 1.165) is 13.0 Å². The predicted octanol–water partition coefficient (Wildman–Crippen LogP) is 1.36. The third-order valence-corrected chi connectivity index (χ3v) is 1.58. The molecule has 0 saturated carbocycles. The zero-order chi connectivity index (χ0) is 6.53. The van der Waals surface area contributed by atoms with Crippen LogP contribution in [0.3, 0.4) is 0 Å². The van der Waals surface area contributed by atoms with E-state index < -0.39 is 0 Å². The fourth-order valence-corrected chi connectivity index (χ4v) is 1.07. The van der Waals surface area contributed by atoms with Crippen molar-refractivity contribution in [3.05, 3.63) is 7.11 Å². The summed E-state index contributed by atoms with van der Waals surface area (Å²) in [6.07, 6.45) is 3.92. The van der Waals surface area contributed by atoms with Crippen LogP contribution in [0.15, 0.2) is 0 Å². The van der Waals surface area contributed by atoms with E-state index in [2.05, 4.69) is 7.11 Å². The normalized spacial score (nSPS) is 28.3. The molecule has 0 spiro atoms. The van der Waals surface area contributed by atoms with Gasteiger partial charge in [-0.25, -0.2) is 0 Å². The molecule has 1 saturated heterocycles. The van der Waals surface area contributed by atoms with E-state index in [0.29, 0.717) is 12.7 Å². The number of hydrogen-bond donors (Lipinski definition) is 0. The number of rotatable bonds is 2. The minimum absolute atomic E-state index is 0.316. The highest BCUT2D eigenvalue weighted by Gasteiger charge is 2.12. The van der Waals surface area contributed by atoms with Crippen LogP contribution < -0.4 is 0 Å². The highest BCUT2D eigenvalue weighted by atomic mass is 16.5. The zero-order valence-corrected chi connectivity index (χ0v) is 5.64. The molecule has 1 unspecified atom stereocenters. The Labute approximate surface area is 56.2 Å². The maximum atomic E-state index is 5.35. The van der Waals surface area contributed by atoms with Crippen LogP contribution in [0.1, 0.15) is 19.3 Å². The van der Waals surface area contributed by atoms with Gasteiger partial charge in [-0.1, -0.05) is 0 Å². The predicted molar refractivity (Wildman–Crippen MR) is 34.9 cm³/mol. The van der Waals surface area contributed by atoms with Crippen LogP contribution in [0.2, 0.25) is 0 Å².